The number of unbranched alkanes of at least 4 members (excludes halogenated alkanes) is 2. The molecule has 1 fully saturated rings. The maximum absolute atomic E-state index is 5.48. The molecule has 3 nitrogen and oxygen atoms in total. The van der Waals surface area contributed by atoms with E-state index in [-0.39, 0.29) is 0 Å². The molecule has 0 bridgehead atoms. The third-order valence-electron chi connectivity index (χ3n) is 3.30. The largest absolute Gasteiger partial charge is 0.330 e. The predicted molar refractivity (Wildman–Crippen MR) is 63.5 cm³/mol. The van der Waals surface area contributed by atoms with Crippen LogP contribution < -0.4 is 5.73 Å². The highest BCUT2D eigenvalue weighted by Gasteiger charge is 2.20. The van der Waals surface area contributed by atoms with Gasteiger partial charge in [-0.15, -0.1) is 0 Å². The van der Waals surface area contributed by atoms with Gasteiger partial charge >= 0.3 is 0 Å². The van der Waals surface area contributed by atoms with Crippen LogP contribution in [0.15, 0.2) is 0 Å². The van der Waals surface area contributed by atoms with E-state index in [1.54, 1.807) is 7.11 Å². The van der Waals surface area contributed by atoms with Crippen molar-refractivity contribution in [3.8, 4) is 0 Å². The van der Waals surface area contributed by atoms with Crippen molar-refractivity contribution in [1.82, 2.24) is 5.06 Å². The van der Waals surface area contributed by atoms with E-state index in [9.17, 15) is 0 Å². The quantitative estimate of drug-likeness (QED) is 0.522. The third kappa shape index (κ3) is 4.96. The second-order valence-corrected chi connectivity index (χ2v) is 4.46. The predicted octanol–water partition coefficient (Wildman–Crippen LogP) is 2.31. The van der Waals surface area contributed by atoms with Crippen molar-refractivity contribution in [2.24, 2.45) is 5.73 Å². The van der Waals surface area contributed by atoms with Crippen LogP contribution >= 0.6 is 0 Å². The van der Waals surface area contributed by atoms with Crippen LogP contribution in [-0.2, 0) is 4.84 Å². The molecule has 0 aromatic heterocycles. The number of hydrogen-bond acceptors (Lipinski definition) is 3. The first-order valence-corrected chi connectivity index (χ1v) is 6.39. The van der Waals surface area contributed by atoms with E-state index in [1.807, 2.05) is 0 Å². The summed E-state index contributed by atoms with van der Waals surface area (Å²) in [5.41, 5.74) is 5.48. The zero-order valence-corrected chi connectivity index (χ0v) is 10.1. The lowest BCUT2D eigenvalue weighted by molar-refractivity contribution is -0.168. The summed E-state index contributed by atoms with van der Waals surface area (Å²) in [6.45, 7) is 1.89. The maximum Gasteiger partial charge on any atom is 0.0575 e. The van der Waals surface area contributed by atoms with Gasteiger partial charge in [0, 0.05) is 12.6 Å². The first-order valence-electron chi connectivity index (χ1n) is 6.39. The molecule has 0 saturated heterocycles. The number of hydroxylamine groups is 2. The Kier molecular flexibility index (Phi) is 6.98. The Labute approximate surface area is 93.9 Å². The Bertz CT molecular complexity index is 147. The van der Waals surface area contributed by atoms with Crippen LogP contribution in [0.25, 0.3) is 0 Å². The van der Waals surface area contributed by atoms with Gasteiger partial charge in [-0.3, -0.25) is 0 Å². The number of rotatable bonds is 7. The molecule has 0 atom stereocenters. The van der Waals surface area contributed by atoms with Crippen LogP contribution in [0.3, 0.4) is 0 Å². The first-order chi connectivity index (χ1) is 7.38. The van der Waals surface area contributed by atoms with E-state index in [2.05, 4.69) is 5.06 Å². The van der Waals surface area contributed by atoms with Crippen LogP contribution in [0, 0.1) is 0 Å². The van der Waals surface area contributed by atoms with E-state index in [0.29, 0.717) is 6.04 Å². The van der Waals surface area contributed by atoms with Crippen LogP contribution in [0.1, 0.15) is 51.4 Å². The average molecular weight is 214 g/mol. The first kappa shape index (κ1) is 12.9. The summed E-state index contributed by atoms with van der Waals surface area (Å²) in [4.78, 5) is 5.47. The SMILES string of the molecule is CON(CCCCCN)C1CCCCC1. The van der Waals surface area contributed by atoms with Crippen LogP contribution in [-0.4, -0.2) is 31.3 Å². The molecular weight excluding hydrogens is 188 g/mol. The minimum absolute atomic E-state index is 0.668. The lowest BCUT2D eigenvalue weighted by atomic mass is 9.95. The highest BCUT2D eigenvalue weighted by Crippen LogP contribution is 2.22. The fourth-order valence-electron chi connectivity index (χ4n) is 2.38. The van der Waals surface area contributed by atoms with E-state index in [0.717, 1.165) is 19.5 Å². The van der Waals surface area contributed by atoms with E-state index in [4.69, 9.17) is 10.6 Å². The Hall–Kier alpha value is -0.120. The zero-order chi connectivity index (χ0) is 10.9. The van der Waals surface area contributed by atoms with Gasteiger partial charge in [-0.25, -0.2) is 0 Å². The Morgan fingerprint density at radius 1 is 1.13 bits per heavy atom. The second kappa shape index (κ2) is 8.08. The molecule has 90 valence electrons. The third-order valence-corrected chi connectivity index (χ3v) is 3.30. The summed E-state index contributed by atoms with van der Waals surface area (Å²) in [6, 6.07) is 0.668. The fraction of sp³-hybridized carbons (Fsp3) is 1.00. The van der Waals surface area contributed by atoms with Gasteiger partial charge in [0.25, 0.3) is 0 Å². The molecule has 1 saturated carbocycles. The fourth-order valence-corrected chi connectivity index (χ4v) is 2.38. The van der Waals surface area contributed by atoms with Crippen molar-refractivity contribution in [3.63, 3.8) is 0 Å². The zero-order valence-electron chi connectivity index (χ0n) is 10.1. The Morgan fingerprint density at radius 3 is 2.47 bits per heavy atom. The number of nitrogens with zero attached hydrogens (tertiary/aromatic N) is 1. The highest BCUT2D eigenvalue weighted by molar-refractivity contribution is 4.71. The Balaban J connectivity index is 2.15. The van der Waals surface area contributed by atoms with Crippen molar-refractivity contribution in [1.29, 1.82) is 0 Å². The summed E-state index contributed by atoms with van der Waals surface area (Å²) in [6.07, 6.45) is 10.3. The van der Waals surface area contributed by atoms with Gasteiger partial charge in [0.2, 0.25) is 0 Å². The maximum atomic E-state index is 5.48. The minimum Gasteiger partial charge on any atom is -0.330 e. The summed E-state index contributed by atoms with van der Waals surface area (Å²) in [5, 5.41) is 2.19. The Morgan fingerprint density at radius 2 is 1.87 bits per heavy atom. The van der Waals surface area contributed by atoms with Crippen LogP contribution in [0.5, 0.6) is 0 Å². The van der Waals surface area contributed by atoms with Gasteiger partial charge in [0.15, 0.2) is 0 Å². The van der Waals surface area contributed by atoms with Gasteiger partial charge in [0.1, 0.15) is 0 Å². The van der Waals surface area contributed by atoms with Gasteiger partial charge < -0.3 is 10.6 Å². The molecule has 1 rings (SSSR count). The van der Waals surface area contributed by atoms with E-state index in [1.165, 1.54) is 44.9 Å². The standard InChI is InChI=1S/C12H26N2O/c1-15-14(11-7-3-6-10-13)12-8-4-2-5-9-12/h12H,2-11,13H2,1H3. The minimum atomic E-state index is 0.668. The summed E-state index contributed by atoms with van der Waals surface area (Å²) in [5.74, 6) is 0. The highest BCUT2D eigenvalue weighted by atomic mass is 16.7. The molecule has 0 spiro atoms. The lowest BCUT2D eigenvalue weighted by Crippen LogP contribution is -2.36. The second-order valence-electron chi connectivity index (χ2n) is 4.46. The van der Waals surface area contributed by atoms with Gasteiger partial charge in [-0.05, 0) is 32.2 Å². The molecule has 3 heteroatoms. The smallest absolute Gasteiger partial charge is 0.0575 e. The number of hydrogen-bond donors (Lipinski definition) is 1. The van der Waals surface area contributed by atoms with Gasteiger partial charge in [-0.1, -0.05) is 25.7 Å². The summed E-state index contributed by atoms with van der Waals surface area (Å²) < 4.78 is 0. The molecule has 0 heterocycles. The van der Waals surface area contributed by atoms with Gasteiger partial charge in [-0.2, -0.15) is 5.06 Å². The average Bonchev–Trinajstić information content (AvgIpc) is 2.30. The molecule has 0 aromatic rings. The molecule has 0 radical (unpaired) electrons. The van der Waals surface area contributed by atoms with Crippen molar-refractivity contribution in [3.05, 3.63) is 0 Å². The summed E-state index contributed by atoms with van der Waals surface area (Å²) in [7, 11) is 1.80. The number of nitrogens with two attached hydrogens (primary N) is 1. The van der Waals surface area contributed by atoms with Crippen molar-refractivity contribution in [2.75, 3.05) is 20.2 Å². The molecule has 0 aromatic carbocycles. The molecule has 0 amide bonds. The van der Waals surface area contributed by atoms with Gasteiger partial charge in [0.05, 0.1) is 7.11 Å². The van der Waals surface area contributed by atoms with E-state index < -0.39 is 0 Å². The van der Waals surface area contributed by atoms with Crippen molar-refractivity contribution < 1.29 is 4.84 Å². The molecule has 2 N–H and O–H groups in total. The molecule has 0 unspecified atom stereocenters. The van der Waals surface area contributed by atoms with E-state index >= 15 is 0 Å². The topological polar surface area (TPSA) is 38.5 Å². The lowest BCUT2D eigenvalue weighted by Gasteiger charge is -2.32. The molecule has 1 aliphatic carbocycles. The normalized spacial score (nSPS) is 18.6. The molecule has 1 aliphatic rings. The molecule has 0 aliphatic heterocycles. The van der Waals surface area contributed by atoms with Crippen LogP contribution in [0.4, 0.5) is 0 Å². The van der Waals surface area contributed by atoms with Crippen molar-refractivity contribution >= 4 is 0 Å². The molecular formula is C12H26N2O. The summed E-state index contributed by atoms with van der Waals surface area (Å²) >= 11 is 0. The molecule has 15 heavy (non-hydrogen) atoms. The van der Waals surface area contributed by atoms with Crippen molar-refractivity contribution in [2.45, 2.75) is 57.4 Å². The van der Waals surface area contributed by atoms with Crippen LogP contribution in [0.2, 0.25) is 0 Å². The monoisotopic (exact) mass is 214 g/mol.